The van der Waals surface area contributed by atoms with Gasteiger partial charge < -0.3 is 25.0 Å². The molecule has 1 saturated heterocycles. The van der Waals surface area contributed by atoms with E-state index >= 15 is 0 Å². The maximum absolute atomic E-state index is 12.3. The lowest BCUT2D eigenvalue weighted by Crippen LogP contribution is -2.44. The van der Waals surface area contributed by atoms with E-state index in [0.29, 0.717) is 19.5 Å². The summed E-state index contributed by atoms with van der Waals surface area (Å²) in [6.07, 6.45) is -0.558. The number of rotatable bonds is 16. The number of amides is 1. The van der Waals surface area contributed by atoms with E-state index < -0.39 is 12.3 Å². The standard InChI is InChI=1S/C45H48N2O6/c1-32-41(30-47(28-33-11-4-2-5-12-33)29-34-13-6-3-7-14-34)52-45(53-44(32)37-23-21-35(31-48)22-24-37)40-18-9-17-39(26-40)38-16-8-15-36(25-38)27-46-42(49)19-10-20-43(50)51/h2-9,11-18,21-26,32,41,44-45,48H,10,19-20,27-31H2,1H3,(H,46,49)(H,50,51)/t32-,41+,44+,45+/m0/s1. The van der Waals surface area contributed by atoms with Crippen molar-refractivity contribution in [3.05, 3.63) is 167 Å². The van der Waals surface area contributed by atoms with Crippen molar-refractivity contribution in [2.45, 2.75) is 70.9 Å². The Morgan fingerprint density at radius 2 is 1.30 bits per heavy atom. The Balaban J connectivity index is 1.24. The molecule has 5 aromatic carbocycles. The summed E-state index contributed by atoms with van der Waals surface area (Å²) in [5.41, 5.74) is 8.22. The quantitative estimate of drug-likeness (QED) is 0.0947. The highest BCUT2D eigenvalue weighted by Gasteiger charge is 2.39. The minimum atomic E-state index is -0.901. The first-order chi connectivity index (χ1) is 25.8. The molecular weight excluding hydrogens is 665 g/mol. The summed E-state index contributed by atoms with van der Waals surface area (Å²) < 4.78 is 13.8. The molecule has 8 heteroatoms. The fraction of sp³-hybridized carbons (Fsp3) is 0.289. The highest BCUT2D eigenvalue weighted by molar-refractivity contribution is 5.76. The van der Waals surface area contributed by atoms with Gasteiger partial charge >= 0.3 is 5.97 Å². The number of aliphatic hydroxyl groups is 1. The lowest BCUT2D eigenvalue weighted by molar-refractivity contribution is -0.276. The van der Waals surface area contributed by atoms with Crippen LogP contribution >= 0.6 is 0 Å². The maximum atomic E-state index is 12.3. The van der Waals surface area contributed by atoms with Crippen LogP contribution in [0.4, 0.5) is 0 Å². The van der Waals surface area contributed by atoms with Crippen LogP contribution in [0.1, 0.15) is 72.0 Å². The van der Waals surface area contributed by atoms with E-state index in [1.807, 2.05) is 66.7 Å². The predicted molar refractivity (Wildman–Crippen MR) is 205 cm³/mol. The summed E-state index contributed by atoms with van der Waals surface area (Å²) in [6.45, 7) is 4.78. The third kappa shape index (κ3) is 10.7. The van der Waals surface area contributed by atoms with Gasteiger partial charge in [0.15, 0.2) is 6.29 Å². The Labute approximate surface area is 312 Å². The number of carbonyl (C=O) groups excluding carboxylic acids is 1. The molecule has 0 saturated carbocycles. The van der Waals surface area contributed by atoms with Crippen molar-refractivity contribution < 1.29 is 29.3 Å². The van der Waals surface area contributed by atoms with Crippen LogP contribution in [-0.4, -0.2) is 39.6 Å². The fourth-order valence-corrected chi connectivity index (χ4v) is 6.87. The molecule has 0 aliphatic carbocycles. The number of hydrogen-bond acceptors (Lipinski definition) is 6. The number of aliphatic hydroxyl groups excluding tert-OH is 1. The van der Waals surface area contributed by atoms with Crippen molar-refractivity contribution in [1.82, 2.24) is 10.2 Å². The average molecular weight is 713 g/mol. The van der Waals surface area contributed by atoms with E-state index in [4.69, 9.17) is 14.6 Å². The van der Waals surface area contributed by atoms with Crippen LogP contribution in [0, 0.1) is 5.92 Å². The molecule has 3 N–H and O–H groups in total. The smallest absolute Gasteiger partial charge is 0.303 e. The first kappa shape index (κ1) is 37.6. The molecule has 5 aromatic rings. The molecule has 0 aromatic heterocycles. The molecule has 1 aliphatic rings. The van der Waals surface area contributed by atoms with E-state index in [2.05, 4.69) is 83.9 Å². The average Bonchev–Trinajstić information content (AvgIpc) is 3.19. The van der Waals surface area contributed by atoms with Gasteiger partial charge in [0.2, 0.25) is 5.91 Å². The van der Waals surface area contributed by atoms with Gasteiger partial charge in [-0.1, -0.05) is 128 Å². The molecule has 8 nitrogen and oxygen atoms in total. The van der Waals surface area contributed by atoms with Gasteiger partial charge in [-0.05, 0) is 57.5 Å². The van der Waals surface area contributed by atoms with Crippen molar-refractivity contribution in [2.24, 2.45) is 5.92 Å². The van der Waals surface area contributed by atoms with Crippen LogP contribution in [0.15, 0.2) is 133 Å². The molecule has 0 bridgehead atoms. The number of nitrogens with zero attached hydrogens (tertiary/aromatic N) is 1. The van der Waals surface area contributed by atoms with Crippen molar-refractivity contribution in [3.63, 3.8) is 0 Å². The van der Waals surface area contributed by atoms with Crippen molar-refractivity contribution in [1.29, 1.82) is 0 Å². The molecular formula is C45H48N2O6. The van der Waals surface area contributed by atoms with Gasteiger partial charge in [-0.15, -0.1) is 0 Å². The highest BCUT2D eigenvalue weighted by atomic mass is 16.7. The summed E-state index contributed by atoms with van der Waals surface area (Å²) >= 11 is 0. The molecule has 0 radical (unpaired) electrons. The van der Waals surface area contributed by atoms with Crippen LogP contribution in [0.3, 0.4) is 0 Å². The Hall–Kier alpha value is -5.12. The van der Waals surface area contributed by atoms with Crippen LogP contribution in [0.5, 0.6) is 0 Å². The monoisotopic (exact) mass is 712 g/mol. The van der Waals surface area contributed by atoms with E-state index in [1.165, 1.54) is 11.1 Å². The first-order valence-electron chi connectivity index (χ1n) is 18.3. The Morgan fingerprint density at radius 3 is 1.94 bits per heavy atom. The number of aliphatic carboxylic acids is 1. The minimum absolute atomic E-state index is 0.0171. The number of carboxylic acid groups (broad SMARTS) is 1. The number of hydrogen-bond donors (Lipinski definition) is 3. The summed E-state index contributed by atoms with van der Waals surface area (Å²) in [5, 5.41) is 21.5. The zero-order valence-corrected chi connectivity index (χ0v) is 30.1. The SMILES string of the molecule is C[C@H]1[C@@H](CN(Cc2ccccc2)Cc2ccccc2)O[C@@H](c2cccc(-c3cccc(CNC(=O)CCCC(=O)O)c3)c2)O[C@H]1c1ccc(CO)cc1. The molecule has 4 atom stereocenters. The molecule has 1 heterocycles. The molecule has 6 rings (SSSR count). The Bertz CT molecular complexity index is 1880. The molecule has 1 fully saturated rings. The number of benzene rings is 5. The van der Waals surface area contributed by atoms with Crippen LogP contribution in [0.2, 0.25) is 0 Å². The van der Waals surface area contributed by atoms with Crippen molar-refractivity contribution in [3.8, 4) is 11.1 Å². The zero-order chi connectivity index (χ0) is 37.0. The number of carbonyl (C=O) groups is 2. The molecule has 0 spiro atoms. The summed E-state index contributed by atoms with van der Waals surface area (Å²) in [6, 6.07) is 45.3. The number of carboxylic acids is 1. The number of nitrogens with one attached hydrogen (secondary N) is 1. The third-order valence-corrected chi connectivity index (χ3v) is 9.76. The largest absolute Gasteiger partial charge is 0.481 e. The highest BCUT2D eigenvalue weighted by Crippen LogP contribution is 2.42. The van der Waals surface area contributed by atoms with Crippen LogP contribution in [0.25, 0.3) is 11.1 Å². The van der Waals surface area contributed by atoms with Crippen LogP contribution < -0.4 is 5.32 Å². The Morgan fingerprint density at radius 1 is 0.679 bits per heavy atom. The fourth-order valence-electron chi connectivity index (χ4n) is 6.87. The topological polar surface area (TPSA) is 108 Å². The molecule has 1 aliphatic heterocycles. The lowest BCUT2D eigenvalue weighted by atomic mass is 9.89. The van der Waals surface area contributed by atoms with Crippen molar-refractivity contribution in [2.75, 3.05) is 6.54 Å². The zero-order valence-electron chi connectivity index (χ0n) is 30.1. The summed E-state index contributed by atoms with van der Waals surface area (Å²) in [4.78, 5) is 25.5. The second-order valence-electron chi connectivity index (χ2n) is 13.8. The van der Waals surface area contributed by atoms with Gasteiger partial charge in [-0.2, -0.15) is 0 Å². The normalized spacial score (nSPS) is 18.5. The number of ether oxygens (including phenoxy) is 2. The maximum Gasteiger partial charge on any atom is 0.303 e. The minimum Gasteiger partial charge on any atom is -0.481 e. The predicted octanol–water partition coefficient (Wildman–Crippen LogP) is 8.21. The molecule has 0 unspecified atom stereocenters. The van der Waals surface area contributed by atoms with E-state index in [9.17, 15) is 14.7 Å². The summed E-state index contributed by atoms with van der Waals surface area (Å²) in [7, 11) is 0. The van der Waals surface area contributed by atoms with Gasteiger partial charge in [0.1, 0.15) is 0 Å². The van der Waals surface area contributed by atoms with Gasteiger partial charge in [-0.25, -0.2) is 0 Å². The molecule has 1 amide bonds. The van der Waals surface area contributed by atoms with Gasteiger partial charge in [-0.3, -0.25) is 14.5 Å². The molecule has 53 heavy (non-hydrogen) atoms. The second kappa shape index (κ2) is 18.6. The van der Waals surface area contributed by atoms with Crippen molar-refractivity contribution >= 4 is 11.9 Å². The second-order valence-corrected chi connectivity index (χ2v) is 13.8. The summed E-state index contributed by atoms with van der Waals surface area (Å²) in [5.74, 6) is -1.04. The van der Waals surface area contributed by atoms with E-state index in [1.54, 1.807) is 0 Å². The van der Waals surface area contributed by atoms with Crippen LogP contribution in [-0.2, 0) is 45.3 Å². The lowest BCUT2D eigenvalue weighted by Gasteiger charge is -2.43. The van der Waals surface area contributed by atoms with Gasteiger partial charge in [0.05, 0.1) is 18.8 Å². The molecule has 274 valence electrons. The van der Waals surface area contributed by atoms with Gasteiger partial charge in [0.25, 0.3) is 0 Å². The van der Waals surface area contributed by atoms with E-state index in [-0.39, 0.29) is 43.5 Å². The third-order valence-electron chi connectivity index (χ3n) is 9.76. The Kier molecular flexibility index (Phi) is 13.2. The van der Waals surface area contributed by atoms with Gasteiger partial charge in [0, 0.05) is 50.5 Å². The van der Waals surface area contributed by atoms with E-state index in [0.717, 1.165) is 46.5 Å². The first-order valence-corrected chi connectivity index (χ1v) is 18.3.